The van der Waals surface area contributed by atoms with Gasteiger partial charge in [0, 0.05) is 38.9 Å². The highest BCUT2D eigenvalue weighted by Gasteiger charge is 2.22. The van der Waals surface area contributed by atoms with Gasteiger partial charge in [-0.05, 0) is 32.9 Å². The second-order valence-corrected chi connectivity index (χ2v) is 6.29. The molecule has 6 nitrogen and oxygen atoms in total. The maximum Gasteiger partial charge on any atom is 0.317 e. The molecule has 0 spiro atoms. The Morgan fingerprint density at radius 3 is 2.67 bits per heavy atom. The molecular weight excluding hydrogens is 266 g/mol. The van der Waals surface area contributed by atoms with Gasteiger partial charge >= 0.3 is 6.03 Å². The standard InChI is InChI=1S/C15H27N5O/c1-18(2)14(13-8-17-20(4)11-13)9-16-15(21)19(3)10-12-6-5-7-12/h8,11-12,14H,5-7,9-10H2,1-4H3,(H,16,21)/t14-/m1/s1. The fourth-order valence-electron chi connectivity index (χ4n) is 2.68. The average molecular weight is 293 g/mol. The van der Waals surface area contributed by atoms with Crippen LogP contribution in [-0.4, -0.2) is 59.8 Å². The molecule has 1 heterocycles. The van der Waals surface area contributed by atoms with Crippen LogP contribution in [0.5, 0.6) is 0 Å². The number of carbonyl (C=O) groups excluding carboxylic acids is 1. The molecule has 1 saturated carbocycles. The zero-order valence-electron chi connectivity index (χ0n) is 13.5. The van der Waals surface area contributed by atoms with Crippen molar-refractivity contribution in [3.8, 4) is 0 Å². The fraction of sp³-hybridized carbons (Fsp3) is 0.733. The van der Waals surface area contributed by atoms with Crippen LogP contribution >= 0.6 is 0 Å². The zero-order valence-corrected chi connectivity index (χ0v) is 13.5. The Balaban J connectivity index is 1.84. The summed E-state index contributed by atoms with van der Waals surface area (Å²) in [6.45, 7) is 1.46. The number of urea groups is 1. The number of carbonyl (C=O) groups is 1. The molecule has 1 aromatic rings. The van der Waals surface area contributed by atoms with Gasteiger partial charge in [0.2, 0.25) is 0 Å². The van der Waals surface area contributed by atoms with Crippen LogP contribution in [0.4, 0.5) is 4.79 Å². The summed E-state index contributed by atoms with van der Waals surface area (Å²) >= 11 is 0. The number of likely N-dealkylation sites (N-methyl/N-ethyl adjacent to an activating group) is 1. The zero-order chi connectivity index (χ0) is 15.4. The number of nitrogens with zero attached hydrogens (tertiary/aromatic N) is 4. The van der Waals surface area contributed by atoms with Gasteiger partial charge in [0.15, 0.2) is 0 Å². The molecule has 1 aliphatic carbocycles. The highest BCUT2D eigenvalue weighted by Crippen LogP contribution is 2.26. The molecule has 2 amide bonds. The van der Waals surface area contributed by atoms with Gasteiger partial charge in [0.1, 0.15) is 0 Å². The Labute approximate surface area is 127 Å². The first-order valence-corrected chi connectivity index (χ1v) is 7.61. The minimum absolute atomic E-state index is 0.0117. The summed E-state index contributed by atoms with van der Waals surface area (Å²) in [5.41, 5.74) is 1.12. The first kappa shape index (κ1) is 15.8. The van der Waals surface area contributed by atoms with Crippen LogP contribution in [-0.2, 0) is 7.05 Å². The fourth-order valence-corrected chi connectivity index (χ4v) is 2.68. The molecule has 0 unspecified atom stereocenters. The number of hydrogen-bond donors (Lipinski definition) is 1. The maximum absolute atomic E-state index is 12.2. The molecule has 21 heavy (non-hydrogen) atoms. The van der Waals surface area contributed by atoms with E-state index in [1.807, 2.05) is 40.6 Å². The molecule has 1 atom stereocenters. The summed E-state index contributed by atoms with van der Waals surface area (Å²) in [5, 5.41) is 7.24. The van der Waals surface area contributed by atoms with Crippen LogP contribution in [0.2, 0.25) is 0 Å². The average Bonchev–Trinajstić information content (AvgIpc) is 2.79. The number of rotatable bonds is 6. The van der Waals surface area contributed by atoms with Crippen LogP contribution in [0.1, 0.15) is 30.9 Å². The van der Waals surface area contributed by atoms with E-state index >= 15 is 0 Å². The Morgan fingerprint density at radius 2 is 2.19 bits per heavy atom. The molecule has 1 aromatic heterocycles. The van der Waals surface area contributed by atoms with Crippen molar-refractivity contribution < 1.29 is 4.79 Å². The van der Waals surface area contributed by atoms with Crippen LogP contribution in [0, 0.1) is 5.92 Å². The minimum atomic E-state index is 0.0117. The van der Waals surface area contributed by atoms with E-state index in [-0.39, 0.29) is 12.1 Å². The number of aromatic nitrogens is 2. The van der Waals surface area contributed by atoms with Crippen molar-refractivity contribution in [2.75, 3.05) is 34.2 Å². The molecule has 0 bridgehead atoms. The summed E-state index contributed by atoms with van der Waals surface area (Å²) in [7, 11) is 7.81. The Morgan fingerprint density at radius 1 is 1.48 bits per heavy atom. The Bertz CT molecular complexity index is 466. The third kappa shape index (κ3) is 4.20. The second-order valence-electron chi connectivity index (χ2n) is 6.29. The summed E-state index contributed by atoms with van der Waals surface area (Å²) in [4.78, 5) is 16.1. The topological polar surface area (TPSA) is 53.4 Å². The smallest absolute Gasteiger partial charge is 0.317 e. The van der Waals surface area contributed by atoms with Crippen molar-refractivity contribution in [2.45, 2.75) is 25.3 Å². The largest absolute Gasteiger partial charge is 0.336 e. The van der Waals surface area contributed by atoms with Crippen molar-refractivity contribution >= 4 is 6.03 Å². The summed E-state index contributed by atoms with van der Waals surface area (Å²) in [6.07, 6.45) is 7.68. The molecule has 2 rings (SSSR count). The van der Waals surface area contributed by atoms with Gasteiger partial charge in [-0.25, -0.2) is 4.79 Å². The van der Waals surface area contributed by atoms with E-state index in [9.17, 15) is 4.79 Å². The third-order valence-corrected chi connectivity index (χ3v) is 4.28. The van der Waals surface area contributed by atoms with Crippen molar-refractivity contribution in [1.82, 2.24) is 24.9 Å². The molecular formula is C15H27N5O. The van der Waals surface area contributed by atoms with E-state index in [0.29, 0.717) is 12.5 Å². The normalized spacial score (nSPS) is 16.6. The lowest BCUT2D eigenvalue weighted by atomic mass is 9.85. The first-order valence-electron chi connectivity index (χ1n) is 7.61. The van der Waals surface area contributed by atoms with E-state index in [1.54, 1.807) is 9.58 Å². The van der Waals surface area contributed by atoms with Gasteiger partial charge in [0.25, 0.3) is 0 Å². The van der Waals surface area contributed by atoms with Gasteiger partial charge in [-0.2, -0.15) is 5.10 Å². The van der Waals surface area contributed by atoms with E-state index < -0.39 is 0 Å². The van der Waals surface area contributed by atoms with Crippen LogP contribution in [0.25, 0.3) is 0 Å². The molecule has 1 fully saturated rings. The van der Waals surface area contributed by atoms with Crippen molar-refractivity contribution in [3.63, 3.8) is 0 Å². The highest BCUT2D eigenvalue weighted by molar-refractivity contribution is 5.73. The molecule has 118 valence electrons. The minimum Gasteiger partial charge on any atom is -0.336 e. The van der Waals surface area contributed by atoms with E-state index in [1.165, 1.54) is 19.3 Å². The quantitative estimate of drug-likeness (QED) is 0.864. The van der Waals surface area contributed by atoms with E-state index in [0.717, 1.165) is 12.1 Å². The molecule has 1 aliphatic rings. The summed E-state index contributed by atoms with van der Waals surface area (Å²) < 4.78 is 1.79. The predicted molar refractivity (Wildman–Crippen MR) is 83.0 cm³/mol. The van der Waals surface area contributed by atoms with Gasteiger partial charge in [-0.15, -0.1) is 0 Å². The highest BCUT2D eigenvalue weighted by atomic mass is 16.2. The Hall–Kier alpha value is -1.56. The van der Waals surface area contributed by atoms with Gasteiger partial charge < -0.3 is 15.1 Å². The first-order chi connectivity index (χ1) is 9.97. The number of aryl methyl sites for hydroxylation is 1. The van der Waals surface area contributed by atoms with E-state index in [2.05, 4.69) is 15.3 Å². The second kappa shape index (κ2) is 6.93. The number of nitrogens with one attached hydrogen (secondary N) is 1. The van der Waals surface area contributed by atoms with Crippen molar-refractivity contribution in [1.29, 1.82) is 0 Å². The van der Waals surface area contributed by atoms with Gasteiger partial charge in [-0.3, -0.25) is 4.68 Å². The van der Waals surface area contributed by atoms with Crippen molar-refractivity contribution in [3.05, 3.63) is 18.0 Å². The monoisotopic (exact) mass is 293 g/mol. The lowest BCUT2D eigenvalue weighted by molar-refractivity contribution is 0.178. The van der Waals surface area contributed by atoms with Crippen LogP contribution in [0.3, 0.4) is 0 Å². The Kier molecular flexibility index (Phi) is 5.22. The van der Waals surface area contributed by atoms with Gasteiger partial charge in [0.05, 0.1) is 12.2 Å². The van der Waals surface area contributed by atoms with Crippen molar-refractivity contribution in [2.24, 2.45) is 13.0 Å². The van der Waals surface area contributed by atoms with Crippen LogP contribution < -0.4 is 5.32 Å². The summed E-state index contributed by atoms with van der Waals surface area (Å²) in [5.74, 6) is 0.698. The molecule has 6 heteroatoms. The molecule has 0 saturated heterocycles. The number of amides is 2. The molecule has 0 aromatic carbocycles. The lowest BCUT2D eigenvalue weighted by Crippen LogP contribution is -2.43. The van der Waals surface area contributed by atoms with Crippen LogP contribution in [0.15, 0.2) is 12.4 Å². The van der Waals surface area contributed by atoms with Gasteiger partial charge in [-0.1, -0.05) is 6.42 Å². The molecule has 0 radical (unpaired) electrons. The number of hydrogen-bond acceptors (Lipinski definition) is 3. The molecule has 0 aliphatic heterocycles. The third-order valence-electron chi connectivity index (χ3n) is 4.28. The summed E-state index contributed by atoms with van der Waals surface area (Å²) in [6, 6.07) is 0.150. The lowest BCUT2D eigenvalue weighted by Gasteiger charge is -2.31. The maximum atomic E-state index is 12.2. The van der Waals surface area contributed by atoms with E-state index in [4.69, 9.17) is 0 Å². The molecule has 1 N–H and O–H groups in total. The SMILES string of the molecule is CN(CC1CCC1)C(=O)NC[C@H](c1cnn(C)c1)N(C)C. The predicted octanol–water partition coefficient (Wildman–Crippen LogP) is 1.46.